The molecular weight excluding hydrogens is 328 g/mol. The molecule has 24 heavy (non-hydrogen) atoms. The molecule has 0 unspecified atom stereocenters. The Morgan fingerprint density at radius 3 is 2.50 bits per heavy atom. The first-order chi connectivity index (χ1) is 11.5. The number of thiazole rings is 1. The lowest BCUT2D eigenvalue weighted by atomic mass is 10.2. The summed E-state index contributed by atoms with van der Waals surface area (Å²) in [6, 6.07) is 6.65. The average Bonchev–Trinajstić information content (AvgIpc) is 3.30. The third-order valence-electron chi connectivity index (χ3n) is 3.49. The van der Waals surface area contributed by atoms with Gasteiger partial charge in [-0.3, -0.25) is 19.7 Å². The number of carbonyl (C=O) groups is 3. The van der Waals surface area contributed by atoms with Gasteiger partial charge in [0, 0.05) is 22.5 Å². The van der Waals surface area contributed by atoms with Gasteiger partial charge in [-0.2, -0.15) is 0 Å². The summed E-state index contributed by atoms with van der Waals surface area (Å²) in [5.74, 6) is -0.624. The molecule has 3 rings (SSSR count). The van der Waals surface area contributed by atoms with Gasteiger partial charge in [-0.25, -0.2) is 4.98 Å². The molecule has 1 aromatic carbocycles. The standard InChI is InChI=1S/C16H16N4O3S/c17-13(21)7-12-8-24-16(19-12)20-15(23)10-3-5-11(6-4-10)18-14(22)9-1-2-9/h3-6,8-9H,1-2,7H2,(H2,17,21)(H,18,22)(H,19,20,23). The number of benzene rings is 1. The molecule has 0 radical (unpaired) electrons. The highest BCUT2D eigenvalue weighted by Crippen LogP contribution is 2.30. The number of rotatable bonds is 6. The van der Waals surface area contributed by atoms with Crippen LogP contribution < -0.4 is 16.4 Å². The number of amides is 3. The van der Waals surface area contributed by atoms with Gasteiger partial charge < -0.3 is 11.1 Å². The zero-order valence-corrected chi connectivity index (χ0v) is 13.6. The molecular formula is C16H16N4O3S. The highest BCUT2D eigenvalue weighted by molar-refractivity contribution is 7.14. The Balaban J connectivity index is 1.59. The third-order valence-corrected chi connectivity index (χ3v) is 4.30. The molecule has 1 aliphatic carbocycles. The van der Waals surface area contributed by atoms with E-state index in [0.717, 1.165) is 12.8 Å². The van der Waals surface area contributed by atoms with Crippen molar-refractivity contribution in [3.8, 4) is 0 Å². The maximum atomic E-state index is 12.2. The summed E-state index contributed by atoms with van der Waals surface area (Å²) in [7, 11) is 0. The first-order valence-electron chi connectivity index (χ1n) is 7.46. The smallest absolute Gasteiger partial charge is 0.257 e. The van der Waals surface area contributed by atoms with Gasteiger partial charge in [0.2, 0.25) is 11.8 Å². The molecule has 4 N–H and O–H groups in total. The van der Waals surface area contributed by atoms with E-state index in [1.54, 1.807) is 29.6 Å². The van der Waals surface area contributed by atoms with Gasteiger partial charge in [0.25, 0.3) is 5.91 Å². The first-order valence-corrected chi connectivity index (χ1v) is 8.34. The fourth-order valence-corrected chi connectivity index (χ4v) is 2.79. The minimum Gasteiger partial charge on any atom is -0.369 e. The van der Waals surface area contributed by atoms with Crippen molar-refractivity contribution in [2.24, 2.45) is 11.7 Å². The molecule has 1 aliphatic rings. The Morgan fingerprint density at radius 1 is 1.17 bits per heavy atom. The van der Waals surface area contributed by atoms with E-state index < -0.39 is 5.91 Å². The largest absolute Gasteiger partial charge is 0.369 e. The SMILES string of the molecule is NC(=O)Cc1csc(NC(=O)c2ccc(NC(=O)C3CC3)cc2)n1. The zero-order valence-electron chi connectivity index (χ0n) is 12.7. The Morgan fingerprint density at radius 2 is 1.88 bits per heavy atom. The quantitative estimate of drug-likeness (QED) is 0.741. The van der Waals surface area contributed by atoms with Crippen LogP contribution in [0.4, 0.5) is 10.8 Å². The van der Waals surface area contributed by atoms with Crippen LogP contribution in [0, 0.1) is 5.92 Å². The number of primary amides is 1. The van der Waals surface area contributed by atoms with Gasteiger partial charge in [0.05, 0.1) is 12.1 Å². The molecule has 8 heteroatoms. The summed E-state index contributed by atoms with van der Waals surface area (Å²) >= 11 is 1.23. The molecule has 1 saturated carbocycles. The van der Waals surface area contributed by atoms with Gasteiger partial charge in [-0.1, -0.05) is 0 Å². The molecule has 1 heterocycles. The number of hydrogen-bond donors (Lipinski definition) is 3. The molecule has 1 fully saturated rings. The number of aromatic nitrogens is 1. The number of carbonyl (C=O) groups excluding carboxylic acids is 3. The average molecular weight is 344 g/mol. The van der Waals surface area contributed by atoms with Crippen molar-refractivity contribution in [3.63, 3.8) is 0 Å². The summed E-state index contributed by atoms with van der Waals surface area (Å²) in [6.07, 6.45) is 1.93. The lowest BCUT2D eigenvalue weighted by molar-refractivity contribution is -0.118. The second kappa shape index (κ2) is 6.79. The number of nitrogens with two attached hydrogens (primary N) is 1. The van der Waals surface area contributed by atoms with Crippen molar-refractivity contribution in [2.75, 3.05) is 10.6 Å². The lowest BCUT2D eigenvalue weighted by Crippen LogP contribution is -2.15. The van der Waals surface area contributed by atoms with E-state index in [-0.39, 0.29) is 24.2 Å². The van der Waals surface area contributed by atoms with Crippen LogP contribution in [0.15, 0.2) is 29.6 Å². The van der Waals surface area contributed by atoms with Gasteiger partial charge >= 0.3 is 0 Å². The molecule has 0 atom stereocenters. The molecule has 0 spiro atoms. The minimum absolute atomic E-state index is 0.0250. The van der Waals surface area contributed by atoms with Crippen molar-refractivity contribution in [2.45, 2.75) is 19.3 Å². The van der Waals surface area contributed by atoms with Crippen LogP contribution in [-0.4, -0.2) is 22.7 Å². The zero-order chi connectivity index (χ0) is 17.1. The van der Waals surface area contributed by atoms with Gasteiger partial charge in [-0.15, -0.1) is 11.3 Å². The van der Waals surface area contributed by atoms with Gasteiger partial charge in [0.15, 0.2) is 5.13 Å². The van der Waals surface area contributed by atoms with Crippen LogP contribution in [0.25, 0.3) is 0 Å². The van der Waals surface area contributed by atoms with E-state index in [2.05, 4.69) is 15.6 Å². The molecule has 2 aromatic rings. The van der Waals surface area contributed by atoms with E-state index in [4.69, 9.17) is 5.73 Å². The predicted molar refractivity (Wildman–Crippen MR) is 90.8 cm³/mol. The van der Waals surface area contributed by atoms with E-state index in [9.17, 15) is 14.4 Å². The van der Waals surface area contributed by atoms with Crippen LogP contribution in [0.5, 0.6) is 0 Å². The Labute approximate surface area is 142 Å². The van der Waals surface area contributed by atoms with Crippen molar-refractivity contribution in [1.82, 2.24) is 4.98 Å². The molecule has 1 aromatic heterocycles. The molecule has 0 aliphatic heterocycles. The topological polar surface area (TPSA) is 114 Å². The highest BCUT2D eigenvalue weighted by atomic mass is 32.1. The predicted octanol–water partition coefficient (Wildman–Crippen LogP) is 1.77. The Kier molecular flexibility index (Phi) is 4.57. The fourth-order valence-electron chi connectivity index (χ4n) is 2.09. The second-order valence-corrected chi connectivity index (χ2v) is 6.44. The van der Waals surface area contributed by atoms with E-state index in [1.807, 2.05) is 0 Å². The number of anilines is 2. The molecule has 0 bridgehead atoms. The fraction of sp³-hybridized carbons (Fsp3) is 0.250. The first kappa shape index (κ1) is 16.1. The number of nitrogens with one attached hydrogen (secondary N) is 2. The van der Waals surface area contributed by atoms with Crippen LogP contribution in [0.1, 0.15) is 28.9 Å². The Bertz CT molecular complexity index is 781. The highest BCUT2D eigenvalue weighted by Gasteiger charge is 2.29. The van der Waals surface area contributed by atoms with Crippen molar-refractivity contribution < 1.29 is 14.4 Å². The monoisotopic (exact) mass is 344 g/mol. The van der Waals surface area contributed by atoms with E-state index in [0.29, 0.717) is 22.1 Å². The summed E-state index contributed by atoms with van der Waals surface area (Å²) in [5, 5.41) is 7.57. The Hall–Kier alpha value is -2.74. The molecule has 7 nitrogen and oxygen atoms in total. The third kappa shape index (κ3) is 4.17. The summed E-state index contributed by atoms with van der Waals surface area (Å²) < 4.78 is 0. The van der Waals surface area contributed by atoms with E-state index >= 15 is 0 Å². The minimum atomic E-state index is -0.470. The van der Waals surface area contributed by atoms with Crippen LogP contribution in [0.3, 0.4) is 0 Å². The van der Waals surface area contributed by atoms with Crippen LogP contribution >= 0.6 is 11.3 Å². The number of nitrogens with zero attached hydrogens (tertiary/aromatic N) is 1. The van der Waals surface area contributed by atoms with Crippen molar-refractivity contribution in [1.29, 1.82) is 0 Å². The van der Waals surface area contributed by atoms with Gasteiger partial charge in [-0.05, 0) is 37.1 Å². The van der Waals surface area contributed by atoms with Crippen molar-refractivity contribution in [3.05, 3.63) is 40.9 Å². The lowest BCUT2D eigenvalue weighted by Gasteiger charge is -2.06. The molecule has 124 valence electrons. The van der Waals surface area contributed by atoms with Crippen LogP contribution in [0.2, 0.25) is 0 Å². The summed E-state index contributed by atoms with van der Waals surface area (Å²) in [5.41, 5.74) is 6.75. The second-order valence-electron chi connectivity index (χ2n) is 5.58. The summed E-state index contributed by atoms with van der Waals surface area (Å²) in [6.45, 7) is 0. The maximum absolute atomic E-state index is 12.2. The molecule has 3 amide bonds. The van der Waals surface area contributed by atoms with Crippen LogP contribution in [-0.2, 0) is 16.0 Å². The van der Waals surface area contributed by atoms with Gasteiger partial charge in [0.1, 0.15) is 0 Å². The number of hydrogen-bond acceptors (Lipinski definition) is 5. The maximum Gasteiger partial charge on any atom is 0.257 e. The summed E-state index contributed by atoms with van der Waals surface area (Å²) in [4.78, 5) is 38.8. The van der Waals surface area contributed by atoms with Crippen molar-refractivity contribution >= 4 is 39.9 Å². The molecule has 0 saturated heterocycles. The normalized spacial score (nSPS) is 13.3. The van der Waals surface area contributed by atoms with E-state index in [1.165, 1.54) is 11.3 Å².